The Hall–Kier alpha value is -4.07. The van der Waals surface area contributed by atoms with E-state index >= 15 is 0 Å². The molecule has 0 aliphatic heterocycles. The first-order chi connectivity index (χ1) is 16.5. The lowest BCUT2D eigenvalue weighted by Crippen LogP contribution is -2.15. The standard InChI is InChI=1S/C26H28N2O6/c1-6-11-17-15-18(16-20(31-3)24(17)34-14-7-2)22-21(25(29)32-4)23(26(30)33-5)28(27-22)19-12-9-8-10-13-19/h6,8-10,12-13,15-16H,1,7,11,14H2,2-5H3. The summed E-state index contributed by atoms with van der Waals surface area (Å²) in [6.07, 6.45) is 3.08. The molecule has 0 saturated carbocycles. The molecule has 0 atom stereocenters. The van der Waals surface area contributed by atoms with Crippen molar-refractivity contribution in [3.63, 3.8) is 0 Å². The Bertz CT molecular complexity index is 1180. The molecule has 34 heavy (non-hydrogen) atoms. The van der Waals surface area contributed by atoms with Crippen molar-refractivity contribution in [1.29, 1.82) is 0 Å². The van der Waals surface area contributed by atoms with Gasteiger partial charge in [-0.3, -0.25) is 0 Å². The number of methoxy groups -OCH3 is 3. The van der Waals surface area contributed by atoms with Gasteiger partial charge in [-0.05, 0) is 37.1 Å². The van der Waals surface area contributed by atoms with Gasteiger partial charge < -0.3 is 18.9 Å². The van der Waals surface area contributed by atoms with Crippen molar-refractivity contribution in [3.8, 4) is 28.4 Å². The van der Waals surface area contributed by atoms with E-state index in [0.717, 1.165) is 12.0 Å². The van der Waals surface area contributed by atoms with Gasteiger partial charge in [-0.25, -0.2) is 14.3 Å². The third kappa shape index (κ3) is 4.80. The number of aromatic nitrogens is 2. The number of benzene rings is 2. The molecule has 0 fully saturated rings. The zero-order chi connectivity index (χ0) is 24.7. The van der Waals surface area contributed by atoms with Gasteiger partial charge in [0.05, 0.1) is 33.6 Å². The smallest absolute Gasteiger partial charge is 0.357 e. The third-order valence-corrected chi connectivity index (χ3v) is 5.09. The van der Waals surface area contributed by atoms with Crippen LogP contribution in [0.15, 0.2) is 55.1 Å². The molecular formula is C26H28N2O6. The van der Waals surface area contributed by atoms with E-state index < -0.39 is 11.9 Å². The average molecular weight is 465 g/mol. The number of esters is 2. The number of hydrogen-bond acceptors (Lipinski definition) is 7. The number of ether oxygens (including phenoxy) is 4. The minimum Gasteiger partial charge on any atom is -0.493 e. The van der Waals surface area contributed by atoms with E-state index in [2.05, 4.69) is 11.7 Å². The highest BCUT2D eigenvalue weighted by Gasteiger charge is 2.32. The largest absolute Gasteiger partial charge is 0.493 e. The van der Waals surface area contributed by atoms with Crippen molar-refractivity contribution in [2.45, 2.75) is 19.8 Å². The van der Waals surface area contributed by atoms with E-state index in [0.29, 0.717) is 35.8 Å². The second-order valence-corrected chi connectivity index (χ2v) is 7.31. The number of carbonyl (C=O) groups excluding carboxylic acids is 2. The summed E-state index contributed by atoms with van der Waals surface area (Å²) < 4.78 is 22.9. The van der Waals surface area contributed by atoms with Gasteiger partial charge in [-0.2, -0.15) is 5.10 Å². The maximum Gasteiger partial charge on any atom is 0.357 e. The lowest BCUT2D eigenvalue weighted by atomic mass is 10.00. The first-order valence-corrected chi connectivity index (χ1v) is 10.8. The van der Waals surface area contributed by atoms with Gasteiger partial charge >= 0.3 is 11.9 Å². The highest BCUT2D eigenvalue weighted by Crippen LogP contribution is 2.39. The molecule has 0 spiro atoms. The Balaban J connectivity index is 2.35. The van der Waals surface area contributed by atoms with Crippen LogP contribution in [0.1, 0.15) is 39.8 Å². The van der Waals surface area contributed by atoms with E-state index in [1.165, 1.54) is 18.9 Å². The van der Waals surface area contributed by atoms with E-state index in [1.54, 1.807) is 43.5 Å². The van der Waals surface area contributed by atoms with Crippen molar-refractivity contribution in [1.82, 2.24) is 9.78 Å². The fourth-order valence-corrected chi connectivity index (χ4v) is 3.58. The molecule has 0 saturated heterocycles. The predicted molar refractivity (Wildman–Crippen MR) is 128 cm³/mol. The summed E-state index contributed by atoms with van der Waals surface area (Å²) in [7, 11) is 4.04. The highest BCUT2D eigenvalue weighted by molar-refractivity contribution is 6.07. The van der Waals surface area contributed by atoms with Crippen LogP contribution in [-0.4, -0.2) is 49.7 Å². The topological polar surface area (TPSA) is 88.9 Å². The van der Waals surface area contributed by atoms with Crippen LogP contribution in [-0.2, 0) is 15.9 Å². The van der Waals surface area contributed by atoms with Crippen molar-refractivity contribution >= 4 is 11.9 Å². The van der Waals surface area contributed by atoms with Crippen molar-refractivity contribution in [2.75, 3.05) is 27.9 Å². The quantitative estimate of drug-likeness (QED) is 0.319. The minimum absolute atomic E-state index is 0.00737. The molecule has 3 aromatic rings. The molecule has 8 nitrogen and oxygen atoms in total. The van der Waals surface area contributed by atoms with E-state index in [1.807, 2.05) is 19.1 Å². The summed E-state index contributed by atoms with van der Waals surface area (Å²) in [4.78, 5) is 25.7. The molecule has 2 aromatic carbocycles. The highest BCUT2D eigenvalue weighted by atomic mass is 16.5. The predicted octanol–water partition coefficient (Wildman–Crippen LogP) is 4.64. The number of para-hydroxylation sites is 1. The lowest BCUT2D eigenvalue weighted by molar-refractivity contribution is 0.0549. The van der Waals surface area contributed by atoms with E-state index in [9.17, 15) is 9.59 Å². The average Bonchev–Trinajstić information content (AvgIpc) is 3.28. The first-order valence-electron chi connectivity index (χ1n) is 10.8. The third-order valence-electron chi connectivity index (χ3n) is 5.09. The SMILES string of the molecule is C=CCc1cc(-c2nn(-c3ccccc3)c(C(=O)OC)c2C(=O)OC)cc(OC)c1OCCC. The maximum atomic E-state index is 12.9. The molecule has 1 heterocycles. The van der Waals surface area contributed by atoms with Crippen molar-refractivity contribution < 1.29 is 28.5 Å². The molecule has 0 radical (unpaired) electrons. The Morgan fingerprint density at radius 2 is 1.76 bits per heavy atom. The fourth-order valence-electron chi connectivity index (χ4n) is 3.58. The summed E-state index contributed by atoms with van der Waals surface area (Å²) in [5, 5.41) is 4.65. The zero-order valence-electron chi connectivity index (χ0n) is 19.8. The van der Waals surface area contributed by atoms with E-state index in [4.69, 9.17) is 18.9 Å². The minimum atomic E-state index is -0.718. The zero-order valence-corrected chi connectivity index (χ0v) is 19.8. The second kappa shape index (κ2) is 11.2. The van der Waals surface area contributed by atoms with Crippen LogP contribution < -0.4 is 9.47 Å². The van der Waals surface area contributed by atoms with Gasteiger partial charge in [0, 0.05) is 11.1 Å². The first kappa shape index (κ1) is 24.6. The molecule has 0 unspecified atom stereocenters. The lowest BCUT2D eigenvalue weighted by Gasteiger charge is -2.16. The van der Waals surface area contributed by atoms with Crippen LogP contribution in [0.2, 0.25) is 0 Å². The van der Waals surface area contributed by atoms with Crippen LogP contribution in [0, 0.1) is 0 Å². The molecule has 0 amide bonds. The normalized spacial score (nSPS) is 10.5. The maximum absolute atomic E-state index is 12.9. The Labute approximate surface area is 198 Å². The van der Waals surface area contributed by atoms with Gasteiger partial charge in [0.2, 0.25) is 0 Å². The van der Waals surface area contributed by atoms with Gasteiger partial charge in [0.1, 0.15) is 11.3 Å². The number of allylic oxidation sites excluding steroid dienone is 1. The summed E-state index contributed by atoms with van der Waals surface area (Å²) >= 11 is 0. The number of nitrogens with zero attached hydrogens (tertiary/aromatic N) is 2. The van der Waals surface area contributed by atoms with Crippen molar-refractivity contribution in [3.05, 3.63) is 71.9 Å². The summed E-state index contributed by atoms with van der Waals surface area (Å²) in [5.41, 5.74) is 2.15. The fraction of sp³-hybridized carbons (Fsp3) is 0.269. The molecule has 8 heteroatoms. The summed E-state index contributed by atoms with van der Waals surface area (Å²) in [5.74, 6) is -0.354. The summed E-state index contributed by atoms with van der Waals surface area (Å²) in [6, 6.07) is 12.6. The van der Waals surface area contributed by atoms with Gasteiger partial charge in [0.15, 0.2) is 17.2 Å². The second-order valence-electron chi connectivity index (χ2n) is 7.31. The van der Waals surface area contributed by atoms with Gasteiger partial charge in [0.25, 0.3) is 0 Å². The Kier molecular flexibility index (Phi) is 8.08. The monoisotopic (exact) mass is 464 g/mol. The molecule has 0 aliphatic rings. The van der Waals surface area contributed by atoms with Crippen LogP contribution in [0.3, 0.4) is 0 Å². The number of carbonyl (C=O) groups is 2. The molecule has 0 aliphatic carbocycles. The number of rotatable bonds is 10. The van der Waals surface area contributed by atoms with Crippen molar-refractivity contribution in [2.24, 2.45) is 0 Å². The molecule has 1 aromatic heterocycles. The molecular weight excluding hydrogens is 436 g/mol. The molecule has 0 bridgehead atoms. The molecule has 0 N–H and O–H groups in total. The molecule has 3 rings (SSSR count). The van der Waals surface area contributed by atoms with E-state index in [-0.39, 0.29) is 17.0 Å². The Morgan fingerprint density at radius 1 is 1.06 bits per heavy atom. The van der Waals surface area contributed by atoms with Crippen LogP contribution in [0.5, 0.6) is 11.5 Å². The van der Waals surface area contributed by atoms with Crippen LogP contribution in [0.4, 0.5) is 0 Å². The Morgan fingerprint density at radius 3 is 2.35 bits per heavy atom. The van der Waals surface area contributed by atoms with Crippen LogP contribution in [0.25, 0.3) is 16.9 Å². The van der Waals surface area contributed by atoms with Gasteiger partial charge in [-0.15, -0.1) is 6.58 Å². The van der Waals surface area contributed by atoms with Crippen LogP contribution >= 0.6 is 0 Å². The van der Waals surface area contributed by atoms with Gasteiger partial charge in [-0.1, -0.05) is 31.2 Å². The number of hydrogen-bond donors (Lipinski definition) is 0. The molecule has 178 valence electrons. The summed E-state index contributed by atoms with van der Waals surface area (Å²) in [6.45, 7) is 6.37.